The van der Waals surface area contributed by atoms with Crippen LogP contribution in [0, 0.1) is 0 Å². The van der Waals surface area contributed by atoms with Gasteiger partial charge in [-0.05, 0) is 24.3 Å². The lowest BCUT2D eigenvalue weighted by Gasteiger charge is -2.05. The molecule has 3 rings (SSSR count). The Morgan fingerprint density at radius 2 is 2.19 bits per heavy atom. The third-order valence-electron chi connectivity index (χ3n) is 3.15. The van der Waals surface area contributed by atoms with Crippen molar-refractivity contribution in [3.8, 4) is 5.88 Å². The van der Waals surface area contributed by atoms with Gasteiger partial charge in [0.15, 0.2) is 0 Å². The van der Waals surface area contributed by atoms with Crippen LogP contribution in [0.3, 0.4) is 0 Å². The molecule has 2 heterocycles. The van der Waals surface area contributed by atoms with E-state index in [0.717, 1.165) is 10.9 Å². The fourth-order valence-corrected chi connectivity index (χ4v) is 2.10. The average Bonchev–Trinajstić information content (AvgIpc) is 2.91. The number of carbonyl (C=O) groups excluding carboxylic acids is 1. The van der Waals surface area contributed by atoms with Crippen LogP contribution in [0.4, 0.5) is 11.4 Å². The standard InChI is InChI=1S/C15H14N4O2/c1-21-14-5-3-10(7-18-14)19-15(20)12-8-17-13-4-2-9(16)6-11(12)13/h2-8,17H,16H2,1H3,(H,19,20). The molecule has 106 valence electrons. The first-order valence-corrected chi connectivity index (χ1v) is 6.35. The Labute approximate surface area is 120 Å². The van der Waals surface area contributed by atoms with Gasteiger partial charge in [-0.2, -0.15) is 0 Å². The van der Waals surface area contributed by atoms with Gasteiger partial charge in [0, 0.05) is 28.9 Å². The number of methoxy groups -OCH3 is 1. The third-order valence-corrected chi connectivity index (χ3v) is 3.15. The number of nitrogens with zero attached hydrogens (tertiary/aromatic N) is 1. The Bertz CT molecular complexity index is 793. The summed E-state index contributed by atoms with van der Waals surface area (Å²) in [6.45, 7) is 0. The number of amides is 1. The van der Waals surface area contributed by atoms with Crippen LogP contribution in [-0.2, 0) is 0 Å². The first-order chi connectivity index (χ1) is 10.2. The molecule has 0 aliphatic rings. The maximum Gasteiger partial charge on any atom is 0.257 e. The molecule has 0 aliphatic carbocycles. The van der Waals surface area contributed by atoms with Crippen LogP contribution in [0.1, 0.15) is 10.4 Å². The number of nitrogens with one attached hydrogen (secondary N) is 2. The molecule has 0 atom stereocenters. The van der Waals surface area contributed by atoms with Crippen molar-refractivity contribution >= 4 is 28.2 Å². The molecule has 3 aromatic rings. The van der Waals surface area contributed by atoms with Gasteiger partial charge in [0.1, 0.15) is 0 Å². The quantitative estimate of drug-likeness (QED) is 0.643. The van der Waals surface area contributed by atoms with E-state index in [9.17, 15) is 4.79 Å². The molecule has 6 heteroatoms. The van der Waals surface area contributed by atoms with Gasteiger partial charge in [0.2, 0.25) is 5.88 Å². The van der Waals surface area contributed by atoms with E-state index in [4.69, 9.17) is 10.5 Å². The van der Waals surface area contributed by atoms with E-state index in [1.807, 2.05) is 6.07 Å². The monoisotopic (exact) mass is 282 g/mol. The second kappa shape index (κ2) is 5.16. The van der Waals surface area contributed by atoms with Crippen LogP contribution in [-0.4, -0.2) is 23.0 Å². The highest BCUT2D eigenvalue weighted by Gasteiger charge is 2.12. The Hall–Kier alpha value is -3.02. The molecule has 1 aromatic carbocycles. The molecule has 2 aromatic heterocycles. The van der Waals surface area contributed by atoms with E-state index in [0.29, 0.717) is 22.8 Å². The summed E-state index contributed by atoms with van der Waals surface area (Å²) in [4.78, 5) is 19.4. The zero-order valence-electron chi connectivity index (χ0n) is 11.4. The van der Waals surface area contributed by atoms with Crippen LogP contribution in [0.5, 0.6) is 5.88 Å². The summed E-state index contributed by atoms with van der Waals surface area (Å²) in [5.74, 6) is 0.270. The van der Waals surface area contributed by atoms with Crippen molar-refractivity contribution in [1.82, 2.24) is 9.97 Å². The second-order valence-corrected chi connectivity index (χ2v) is 4.55. The van der Waals surface area contributed by atoms with Crippen LogP contribution < -0.4 is 15.8 Å². The summed E-state index contributed by atoms with van der Waals surface area (Å²) < 4.78 is 4.97. The SMILES string of the molecule is COc1ccc(NC(=O)c2c[nH]c3ccc(N)cc23)cn1. The summed E-state index contributed by atoms with van der Waals surface area (Å²) in [5.41, 5.74) is 8.38. The van der Waals surface area contributed by atoms with E-state index < -0.39 is 0 Å². The molecule has 0 bridgehead atoms. The number of benzene rings is 1. The number of aromatic amines is 1. The normalized spacial score (nSPS) is 10.5. The minimum Gasteiger partial charge on any atom is -0.481 e. The number of rotatable bonds is 3. The summed E-state index contributed by atoms with van der Waals surface area (Å²) >= 11 is 0. The fraction of sp³-hybridized carbons (Fsp3) is 0.0667. The third kappa shape index (κ3) is 2.51. The molecular weight excluding hydrogens is 268 g/mol. The highest BCUT2D eigenvalue weighted by atomic mass is 16.5. The lowest BCUT2D eigenvalue weighted by atomic mass is 10.1. The molecule has 0 radical (unpaired) electrons. The van der Waals surface area contributed by atoms with E-state index in [1.54, 1.807) is 36.7 Å². The molecule has 0 spiro atoms. The number of pyridine rings is 1. The molecule has 0 saturated carbocycles. The van der Waals surface area contributed by atoms with Gasteiger partial charge in [-0.3, -0.25) is 4.79 Å². The second-order valence-electron chi connectivity index (χ2n) is 4.55. The summed E-state index contributed by atoms with van der Waals surface area (Å²) in [6, 6.07) is 8.81. The number of aromatic nitrogens is 2. The van der Waals surface area contributed by atoms with Gasteiger partial charge in [-0.25, -0.2) is 4.98 Å². The topological polar surface area (TPSA) is 93.0 Å². The number of hydrogen-bond donors (Lipinski definition) is 3. The lowest BCUT2D eigenvalue weighted by Crippen LogP contribution is -2.11. The number of anilines is 2. The predicted molar refractivity (Wildman–Crippen MR) is 81.5 cm³/mol. The Balaban J connectivity index is 1.87. The van der Waals surface area contributed by atoms with Gasteiger partial charge >= 0.3 is 0 Å². The maximum absolute atomic E-state index is 12.3. The zero-order valence-corrected chi connectivity index (χ0v) is 11.4. The highest BCUT2D eigenvalue weighted by Crippen LogP contribution is 2.22. The van der Waals surface area contributed by atoms with E-state index in [1.165, 1.54) is 7.11 Å². The number of nitrogen functional groups attached to an aromatic ring is 1. The van der Waals surface area contributed by atoms with Crippen LogP contribution in [0.2, 0.25) is 0 Å². The van der Waals surface area contributed by atoms with Gasteiger partial charge in [0.05, 0.1) is 24.6 Å². The van der Waals surface area contributed by atoms with Crippen LogP contribution in [0.15, 0.2) is 42.7 Å². The van der Waals surface area contributed by atoms with Crippen LogP contribution in [0.25, 0.3) is 10.9 Å². The number of ether oxygens (including phenoxy) is 1. The molecule has 1 amide bonds. The Morgan fingerprint density at radius 3 is 2.90 bits per heavy atom. The molecule has 0 aliphatic heterocycles. The fourth-order valence-electron chi connectivity index (χ4n) is 2.10. The van der Waals surface area contributed by atoms with Crippen molar-refractivity contribution < 1.29 is 9.53 Å². The molecule has 0 unspecified atom stereocenters. The Kier molecular flexibility index (Phi) is 3.19. The predicted octanol–water partition coefficient (Wildman–Crippen LogP) is 2.41. The molecule has 6 nitrogen and oxygen atoms in total. The Morgan fingerprint density at radius 1 is 1.33 bits per heavy atom. The number of fused-ring (bicyclic) bond motifs is 1. The minimum atomic E-state index is -0.223. The van der Waals surface area contributed by atoms with Gasteiger partial charge in [0.25, 0.3) is 5.91 Å². The van der Waals surface area contributed by atoms with Crippen molar-refractivity contribution in [3.05, 3.63) is 48.3 Å². The van der Waals surface area contributed by atoms with Crippen LogP contribution >= 0.6 is 0 Å². The lowest BCUT2D eigenvalue weighted by molar-refractivity contribution is 0.102. The number of hydrogen-bond acceptors (Lipinski definition) is 4. The van der Waals surface area contributed by atoms with Gasteiger partial charge in [-0.15, -0.1) is 0 Å². The molecule has 21 heavy (non-hydrogen) atoms. The number of H-pyrrole nitrogens is 1. The largest absolute Gasteiger partial charge is 0.481 e. The van der Waals surface area contributed by atoms with Crippen molar-refractivity contribution in [1.29, 1.82) is 0 Å². The van der Waals surface area contributed by atoms with Crippen molar-refractivity contribution in [3.63, 3.8) is 0 Å². The van der Waals surface area contributed by atoms with Gasteiger partial charge < -0.3 is 20.8 Å². The highest BCUT2D eigenvalue weighted by molar-refractivity contribution is 6.13. The average molecular weight is 282 g/mol. The van der Waals surface area contributed by atoms with E-state index in [-0.39, 0.29) is 5.91 Å². The first kappa shape index (κ1) is 13.0. The minimum absolute atomic E-state index is 0.223. The summed E-state index contributed by atoms with van der Waals surface area (Å²) in [6.07, 6.45) is 3.20. The number of nitrogens with two attached hydrogens (primary N) is 1. The van der Waals surface area contributed by atoms with Gasteiger partial charge in [-0.1, -0.05) is 0 Å². The molecular formula is C15H14N4O2. The molecule has 0 fully saturated rings. The van der Waals surface area contributed by atoms with E-state index in [2.05, 4.69) is 15.3 Å². The summed E-state index contributed by atoms with van der Waals surface area (Å²) in [5, 5.41) is 3.58. The summed E-state index contributed by atoms with van der Waals surface area (Å²) in [7, 11) is 1.54. The smallest absolute Gasteiger partial charge is 0.257 e. The van der Waals surface area contributed by atoms with Crippen molar-refractivity contribution in [2.24, 2.45) is 0 Å². The molecule has 0 saturated heterocycles. The van der Waals surface area contributed by atoms with Crippen molar-refractivity contribution in [2.45, 2.75) is 0 Å². The molecule has 4 N–H and O–H groups in total. The zero-order chi connectivity index (χ0) is 14.8. The first-order valence-electron chi connectivity index (χ1n) is 6.35. The number of carbonyl (C=O) groups is 1. The van der Waals surface area contributed by atoms with E-state index >= 15 is 0 Å². The van der Waals surface area contributed by atoms with Crippen molar-refractivity contribution in [2.75, 3.05) is 18.2 Å². The maximum atomic E-state index is 12.3.